The van der Waals surface area contributed by atoms with E-state index in [2.05, 4.69) is 5.32 Å². The predicted octanol–water partition coefficient (Wildman–Crippen LogP) is 2.05. The topological polar surface area (TPSA) is 98.3 Å². The molecular weight excluding hydrogens is 253 g/mol. The fourth-order valence-corrected chi connectivity index (χ4v) is 1.58. The first kappa shape index (κ1) is 15.0. The van der Waals surface area contributed by atoms with Gasteiger partial charge in [-0.3, -0.25) is 14.9 Å². The molecule has 104 valence electrons. The average molecular weight is 269 g/mol. The molecule has 0 aliphatic carbocycles. The van der Waals surface area contributed by atoms with Crippen molar-refractivity contribution in [1.29, 1.82) is 0 Å². The normalized spacial score (nSPS) is 11.9. The number of nitrogens with zero attached hydrogens (tertiary/aromatic N) is 1. The van der Waals surface area contributed by atoms with E-state index < -0.39 is 10.7 Å². The summed E-state index contributed by atoms with van der Waals surface area (Å²) >= 11 is 0. The molecule has 1 aromatic rings. The van der Waals surface area contributed by atoms with E-state index in [4.69, 9.17) is 5.73 Å². The fourth-order valence-electron chi connectivity index (χ4n) is 1.58. The number of benzene rings is 1. The van der Waals surface area contributed by atoms with Gasteiger partial charge in [-0.25, -0.2) is 4.39 Å². The summed E-state index contributed by atoms with van der Waals surface area (Å²) in [5.74, 6) is -1.37. The van der Waals surface area contributed by atoms with E-state index in [0.29, 0.717) is 19.4 Å². The highest BCUT2D eigenvalue weighted by molar-refractivity contribution is 5.94. The third kappa shape index (κ3) is 4.29. The summed E-state index contributed by atoms with van der Waals surface area (Å²) in [6.45, 7) is 2.16. The smallest absolute Gasteiger partial charge is 0.292 e. The van der Waals surface area contributed by atoms with Crippen LogP contribution in [0.3, 0.4) is 0 Å². The number of hydrogen-bond acceptors (Lipinski definition) is 4. The molecule has 1 rings (SSSR count). The van der Waals surface area contributed by atoms with Gasteiger partial charge in [0, 0.05) is 18.1 Å². The Balaban J connectivity index is 2.83. The van der Waals surface area contributed by atoms with Crippen molar-refractivity contribution in [2.75, 3.05) is 11.9 Å². The summed E-state index contributed by atoms with van der Waals surface area (Å²) in [6.07, 6.45) is 1.26. The fraction of sp³-hybridized carbons (Fsp3) is 0.417. The SMILES string of the molecule is CC(CCCN)C(=O)Nc1cc(F)ccc1[N+](=O)[O-]. The monoisotopic (exact) mass is 269 g/mol. The lowest BCUT2D eigenvalue weighted by Gasteiger charge is -2.11. The Bertz CT molecular complexity index is 479. The quantitative estimate of drug-likeness (QED) is 0.610. The van der Waals surface area contributed by atoms with Crippen LogP contribution >= 0.6 is 0 Å². The van der Waals surface area contributed by atoms with E-state index >= 15 is 0 Å². The summed E-state index contributed by atoms with van der Waals surface area (Å²) < 4.78 is 13.1. The second kappa shape index (κ2) is 6.79. The van der Waals surface area contributed by atoms with Gasteiger partial charge in [0.15, 0.2) is 0 Å². The number of hydrogen-bond donors (Lipinski definition) is 2. The van der Waals surface area contributed by atoms with Crippen LogP contribution in [-0.4, -0.2) is 17.4 Å². The minimum absolute atomic E-state index is 0.130. The molecular formula is C12H16FN3O3. The van der Waals surface area contributed by atoms with Crippen molar-refractivity contribution < 1.29 is 14.1 Å². The Hall–Kier alpha value is -2.02. The molecule has 0 aliphatic heterocycles. The van der Waals surface area contributed by atoms with E-state index in [-0.39, 0.29) is 23.2 Å². The van der Waals surface area contributed by atoms with Gasteiger partial charge in [0.2, 0.25) is 5.91 Å². The highest BCUT2D eigenvalue weighted by atomic mass is 19.1. The number of halogens is 1. The predicted molar refractivity (Wildman–Crippen MR) is 69.1 cm³/mol. The van der Waals surface area contributed by atoms with Crippen LogP contribution in [0.25, 0.3) is 0 Å². The number of anilines is 1. The Morgan fingerprint density at radius 1 is 1.58 bits per heavy atom. The molecule has 1 aromatic carbocycles. The standard InChI is InChI=1S/C12H16FN3O3/c1-8(3-2-6-14)12(17)15-10-7-9(13)4-5-11(10)16(18)19/h4-5,7-8H,2-3,6,14H2,1H3,(H,15,17). The number of amides is 1. The van der Waals surface area contributed by atoms with Crippen molar-refractivity contribution in [3.05, 3.63) is 34.1 Å². The Morgan fingerprint density at radius 3 is 2.84 bits per heavy atom. The van der Waals surface area contributed by atoms with Crippen LogP contribution in [0.2, 0.25) is 0 Å². The lowest BCUT2D eigenvalue weighted by molar-refractivity contribution is -0.384. The van der Waals surface area contributed by atoms with Gasteiger partial charge >= 0.3 is 0 Å². The molecule has 0 aliphatic rings. The van der Waals surface area contributed by atoms with Crippen molar-refractivity contribution >= 4 is 17.3 Å². The highest BCUT2D eigenvalue weighted by Crippen LogP contribution is 2.25. The zero-order valence-corrected chi connectivity index (χ0v) is 10.6. The third-order valence-electron chi connectivity index (χ3n) is 2.70. The Morgan fingerprint density at radius 2 is 2.26 bits per heavy atom. The lowest BCUT2D eigenvalue weighted by atomic mass is 10.0. The lowest BCUT2D eigenvalue weighted by Crippen LogP contribution is -2.21. The maximum atomic E-state index is 13.1. The number of rotatable bonds is 6. The van der Waals surface area contributed by atoms with E-state index in [1.165, 1.54) is 0 Å². The summed E-state index contributed by atoms with van der Waals surface area (Å²) in [5, 5.41) is 13.2. The molecule has 6 nitrogen and oxygen atoms in total. The van der Waals surface area contributed by atoms with Crippen LogP contribution in [0.15, 0.2) is 18.2 Å². The third-order valence-corrected chi connectivity index (χ3v) is 2.70. The average Bonchev–Trinajstić information content (AvgIpc) is 2.35. The first-order valence-corrected chi connectivity index (χ1v) is 5.90. The van der Waals surface area contributed by atoms with Gasteiger partial charge < -0.3 is 11.1 Å². The van der Waals surface area contributed by atoms with E-state index in [1.54, 1.807) is 6.92 Å². The molecule has 19 heavy (non-hydrogen) atoms. The van der Waals surface area contributed by atoms with Gasteiger partial charge in [0.1, 0.15) is 11.5 Å². The molecule has 0 spiro atoms. The highest BCUT2D eigenvalue weighted by Gasteiger charge is 2.19. The molecule has 3 N–H and O–H groups in total. The summed E-state index contributed by atoms with van der Waals surface area (Å²) in [6, 6.07) is 2.94. The van der Waals surface area contributed by atoms with E-state index in [9.17, 15) is 19.3 Å². The first-order chi connectivity index (χ1) is 8.95. The first-order valence-electron chi connectivity index (χ1n) is 5.90. The molecule has 0 aromatic heterocycles. The zero-order valence-electron chi connectivity index (χ0n) is 10.6. The number of carbonyl (C=O) groups is 1. The Kier molecular flexibility index (Phi) is 5.37. The molecule has 0 fully saturated rings. The van der Waals surface area contributed by atoms with Gasteiger partial charge in [-0.15, -0.1) is 0 Å². The number of nitrogens with one attached hydrogen (secondary N) is 1. The van der Waals surface area contributed by atoms with Crippen molar-refractivity contribution in [3.63, 3.8) is 0 Å². The van der Waals surface area contributed by atoms with Crippen molar-refractivity contribution in [2.45, 2.75) is 19.8 Å². The van der Waals surface area contributed by atoms with Gasteiger partial charge in [0.05, 0.1) is 4.92 Å². The van der Waals surface area contributed by atoms with Crippen molar-refractivity contribution in [1.82, 2.24) is 0 Å². The van der Waals surface area contributed by atoms with Crippen LogP contribution in [0.1, 0.15) is 19.8 Å². The van der Waals surface area contributed by atoms with E-state index in [1.807, 2.05) is 0 Å². The molecule has 7 heteroatoms. The minimum Gasteiger partial charge on any atom is -0.330 e. The van der Waals surface area contributed by atoms with Gasteiger partial charge in [-0.2, -0.15) is 0 Å². The Labute approximate surface area is 109 Å². The van der Waals surface area contributed by atoms with Crippen LogP contribution < -0.4 is 11.1 Å². The number of nitrogens with two attached hydrogens (primary N) is 1. The molecule has 0 heterocycles. The molecule has 0 bridgehead atoms. The molecule has 1 unspecified atom stereocenters. The number of carbonyl (C=O) groups excluding carboxylic acids is 1. The minimum atomic E-state index is -0.667. The van der Waals surface area contributed by atoms with Crippen LogP contribution in [0.4, 0.5) is 15.8 Å². The van der Waals surface area contributed by atoms with Crippen molar-refractivity contribution in [2.24, 2.45) is 11.7 Å². The summed E-state index contributed by atoms with van der Waals surface area (Å²) in [4.78, 5) is 21.9. The van der Waals surface area contributed by atoms with E-state index in [0.717, 1.165) is 18.2 Å². The van der Waals surface area contributed by atoms with Gasteiger partial charge in [-0.05, 0) is 25.5 Å². The van der Waals surface area contributed by atoms with Gasteiger partial charge in [0.25, 0.3) is 5.69 Å². The largest absolute Gasteiger partial charge is 0.330 e. The molecule has 1 atom stereocenters. The van der Waals surface area contributed by atoms with Crippen LogP contribution in [0, 0.1) is 21.8 Å². The molecule has 0 radical (unpaired) electrons. The summed E-state index contributed by atoms with van der Waals surface area (Å²) in [7, 11) is 0. The number of nitro benzene ring substituents is 1. The zero-order chi connectivity index (χ0) is 14.4. The van der Waals surface area contributed by atoms with Crippen molar-refractivity contribution in [3.8, 4) is 0 Å². The van der Waals surface area contributed by atoms with Gasteiger partial charge in [-0.1, -0.05) is 6.92 Å². The second-order valence-electron chi connectivity index (χ2n) is 4.24. The maximum Gasteiger partial charge on any atom is 0.292 e. The molecule has 0 saturated carbocycles. The molecule has 0 saturated heterocycles. The summed E-state index contributed by atoms with van der Waals surface area (Å²) in [5.41, 5.74) is 4.88. The van der Waals surface area contributed by atoms with Crippen LogP contribution in [-0.2, 0) is 4.79 Å². The molecule has 1 amide bonds. The second-order valence-corrected chi connectivity index (χ2v) is 4.24. The number of nitro groups is 1. The maximum absolute atomic E-state index is 13.1. The van der Waals surface area contributed by atoms with Crippen LogP contribution in [0.5, 0.6) is 0 Å².